The highest BCUT2D eigenvalue weighted by atomic mass is 16.1. The molecule has 1 atom stereocenters. The number of hydrogen-bond donors (Lipinski definition) is 0. The van der Waals surface area contributed by atoms with E-state index in [1.807, 2.05) is 36.4 Å². The lowest BCUT2D eigenvalue weighted by molar-refractivity contribution is -0.115. The molecule has 0 saturated heterocycles. The van der Waals surface area contributed by atoms with E-state index in [9.17, 15) is 4.79 Å². The van der Waals surface area contributed by atoms with E-state index in [0.29, 0.717) is 0 Å². The van der Waals surface area contributed by atoms with E-state index in [4.69, 9.17) is 0 Å². The van der Waals surface area contributed by atoms with Crippen LogP contribution < -0.4 is 0 Å². The van der Waals surface area contributed by atoms with Gasteiger partial charge in [0.25, 0.3) is 0 Å². The van der Waals surface area contributed by atoms with Crippen molar-refractivity contribution in [3.63, 3.8) is 0 Å². The van der Waals surface area contributed by atoms with Gasteiger partial charge in [-0.05, 0) is 22.8 Å². The first-order valence-corrected chi connectivity index (χ1v) is 5.06. The number of benzene rings is 1. The first-order chi connectivity index (χ1) is 7.36. The van der Waals surface area contributed by atoms with Gasteiger partial charge in [-0.25, -0.2) is 0 Å². The van der Waals surface area contributed by atoms with E-state index in [1.54, 1.807) is 6.08 Å². The predicted molar refractivity (Wildman–Crippen MR) is 61.1 cm³/mol. The van der Waals surface area contributed by atoms with Crippen LogP contribution in [0.4, 0.5) is 0 Å². The summed E-state index contributed by atoms with van der Waals surface area (Å²) in [7, 11) is 0. The van der Waals surface area contributed by atoms with Crippen LogP contribution in [0.15, 0.2) is 48.6 Å². The van der Waals surface area contributed by atoms with Crippen molar-refractivity contribution in [3.05, 3.63) is 59.7 Å². The molecule has 0 N–H and O–H groups in total. The van der Waals surface area contributed by atoms with Crippen molar-refractivity contribution in [2.45, 2.75) is 0 Å². The Morgan fingerprint density at radius 1 is 1.07 bits per heavy atom. The number of hydrogen-bond acceptors (Lipinski definition) is 1. The zero-order chi connectivity index (χ0) is 10.3. The lowest BCUT2D eigenvalue weighted by Gasteiger charge is -2.23. The molecule has 0 amide bonds. The van der Waals surface area contributed by atoms with Gasteiger partial charge < -0.3 is 0 Å². The van der Waals surface area contributed by atoms with E-state index in [2.05, 4.69) is 12.1 Å². The molecule has 0 spiro atoms. The lowest BCUT2D eigenvalue weighted by Crippen LogP contribution is -2.16. The van der Waals surface area contributed by atoms with Gasteiger partial charge in [-0.1, -0.05) is 48.6 Å². The Labute approximate surface area is 88.4 Å². The van der Waals surface area contributed by atoms with Gasteiger partial charge in [-0.15, -0.1) is 0 Å². The van der Waals surface area contributed by atoms with Crippen LogP contribution in [0.3, 0.4) is 0 Å². The maximum atomic E-state index is 11.7. The smallest absolute Gasteiger partial charge is 0.166 e. The normalized spacial score (nSPS) is 22.0. The fourth-order valence-corrected chi connectivity index (χ4v) is 2.17. The van der Waals surface area contributed by atoms with Gasteiger partial charge in [0, 0.05) is 0 Å². The van der Waals surface area contributed by atoms with Crippen molar-refractivity contribution in [1.29, 1.82) is 0 Å². The zero-order valence-electron chi connectivity index (χ0n) is 8.18. The summed E-state index contributed by atoms with van der Waals surface area (Å²) in [5, 5.41) is 0. The minimum atomic E-state index is -0.0649. The van der Waals surface area contributed by atoms with Gasteiger partial charge in [-0.2, -0.15) is 0 Å². The average Bonchev–Trinajstić information content (AvgIpc) is 2.29. The first kappa shape index (κ1) is 8.42. The number of ketones is 1. The molecular weight excluding hydrogens is 184 g/mol. The number of carbonyl (C=O) groups excluding carboxylic acids is 1. The molecule has 1 aromatic carbocycles. The summed E-state index contributed by atoms with van der Waals surface area (Å²) < 4.78 is 0. The Balaban J connectivity index is 2.23. The van der Waals surface area contributed by atoms with E-state index in [0.717, 1.165) is 5.57 Å². The molecule has 0 heterocycles. The summed E-state index contributed by atoms with van der Waals surface area (Å²) in [5.74, 6) is 0.114. The summed E-state index contributed by atoms with van der Waals surface area (Å²) in [6, 6.07) is 8.18. The molecule has 2 aliphatic rings. The fraction of sp³-hybridized carbons (Fsp3) is 0.0714. The van der Waals surface area contributed by atoms with Crippen LogP contribution in [0.1, 0.15) is 11.1 Å². The van der Waals surface area contributed by atoms with Gasteiger partial charge in [-0.3, -0.25) is 4.79 Å². The summed E-state index contributed by atoms with van der Waals surface area (Å²) >= 11 is 0. The second-order valence-electron chi connectivity index (χ2n) is 3.81. The molecule has 1 unspecified atom stereocenters. The fourth-order valence-electron chi connectivity index (χ4n) is 2.17. The third-order valence-corrected chi connectivity index (χ3v) is 2.92. The molecule has 0 aromatic heterocycles. The third-order valence-electron chi connectivity index (χ3n) is 2.92. The summed E-state index contributed by atoms with van der Waals surface area (Å²) in [5.41, 5.74) is 3.51. The molecule has 2 aliphatic carbocycles. The molecular formula is C14H10O. The van der Waals surface area contributed by atoms with Gasteiger partial charge in [0.05, 0.1) is 5.92 Å². The van der Waals surface area contributed by atoms with Crippen LogP contribution in [-0.2, 0) is 4.79 Å². The molecule has 15 heavy (non-hydrogen) atoms. The highest BCUT2D eigenvalue weighted by molar-refractivity contribution is 6.06. The first-order valence-electron chi connectivity index (χ1n) is 5.06. The monoisotopic (exact) mass is 194 g/mol. The van der Waals surface area contributed by atoms with Crippen molar-refractivity contribution < 1.29 is 4.79 Å². The second-order valence-corrected chi connectivity index (χ2v) is 3.81. The SMILES string of the molecule is O=C1C=CC=C2c3ccccc3C=CC12. The van der Waals surface area contributed by atoms with E-state index in [-0.39, 0.29) is 11.7 Å². The third kappa shape index (κ3) is 1.20. The summed E-state index contributed by atoms with van der Waals surface area (Å²) in [4.78, 5) is 11.7. The van der Waals surface area contributed by atoms with Crippen molar-refractivity contribution in [2.24, 2.45) is 5.92 Å². The van der Waals surface area contributed by atoms with Gasteiger partial charge in [0.1, 0.15) is 0 Å². The molecule has 1 aromatic rings. The van der Waals surface area contributed by atoms with Crippen LogP contribution in [-0.4, -0.2) is 5.78 Å². The number of carbonyl (C=O) groups is 1. The Morgan fingerprint density at radius 3 is 2.87 bits per heavy atom. The molecule has 72 valence electrons. The van der Waals surface area contributed by atoms with Crippen molar-refractivity contribution in [3.8, 4) is 0 Å². The Kier molecular flexibility index (Phi) is 1.72. The van der Waals surface area contributed by atoms with E-state index < -0.39 is 0 Å². The number of allylic oxidation sites excluding steroid dienone is 5. The van der Waals surface area contributed by atoms with Crippen LogP contribution in [0.25, 0.3) is 11.6 Å². The summed E-state index contributed by atoms with van der Waals surface area (Å²) in [6.07, 6.45) is 9.54. The molecule has 0 aliphatic heterocycles. The zero-order valence-corrected chi connectivity index (χ0v) is 8.18. The topological polar surface area (TPSA) is 17.1 Å². The van der Waals surface area contributed by atoms with Crippen LogP contribution in [0.5, 0.6) is 0 Å². The van der Waals surface area contributed by atoms with Gasteiger partial charge in [0.15, 0.2) is 5.78 Å². The maximum Gasteiger partial charge on any atom is 0.166 e. The standard InChI is InChI=1S/C14H10O/c15-14-7-3-6-12-11-5-2-1-4-10(11)8-9-13(12)14/h1-9,13H. The Morgan fingerprint density at radius 2 is 1.93 bits per heavy atom. The van der Waals surface area contributed by atoms with Crippen molar-refractivity contribution in [2.75, 3.05) is 0 Å². The minimum Gasteiger partial charge on any atom is -0.294 e. The van der Waals surface area contributed by atoms with Gasteiger partial charge >= 0.3 is 0 Å². The quantitative estimate of drug-likeness (QED) is 0.620. The molecule has 3 rings (SSSR count). The van der Waals surface area contributed by atoms with Gasteiger partial charge in [0.2, 0.25) is 0 Å². The Hall–Kier alpha value is -1.89. The van der Waals surface area contributed by atoms with Crippen LogP contribution in [0.2, 0.25) is 0 Å². The molecule has 1 nitrogen and oxygen atoms in total. The van der Waals surface area contributed by atoms with E-state index in [1.165, 1.54) is 11.1 Å². The molecule has 1 heteroatoms. The Bertz CT molecular complexity index is 518. The van der Waals surface area contributed by atoms with E-state index >= 15 is 0 Å². The number of fused-ring (bicyclic) bond motifs is 3. The molecule has 0 saturated carbocycles. The predicted octanol–water partition coefficient (Wildman–Crippen LogP) is 2.85. The van der Waals surface area contributed by atoms with Crippen LogP contribution in [0, 0.1) is 5.92 Å². The maximum absolute atomic E-state index is 11.7. The largest absolute Gasteiger partial charge is 0.294 e. The average molecular weight is 194 g/mol. The van der Waals surface area contributed by atoms with Crippen molar-refractivity contribution >= 4 is 17.4 Å². The molecule has 0 bridgehead atoms. The highest BCUT2D eigenvalue weighted by Gasteiger charge is 2.25. The summed E-state index contributed by atoms with van der Waals surface area (Å²) in [6.45, 7) is 0. The van der Waals surface area contributed by atoms with Crippen molar-refractivity contribution in [1.82, 2.24) is 0 Å². The number of rotatable bonds is 0. The lowest BCUT2D eigenvalue weighted by atomic mass is 9.80. The highest BCUT2D eigenvalue weighted by Crippen LogP contribution is 2.35. The van der Waals surface area contributed by atoms with Crippen LogP contribution >= 0.6 is 0 Å². The molecule has 0 fully saturated rings. The minimum absolute atomic E-state index is 0.0649. The molecule has 0 radical (unpaired) electrons. The second kappa shape index (κ2) is 3.06.